The van der Waals surface area contributed by atoms with Gasteiger partial charge in [-0.2, -0.15) is 0 Å². The van der Waals surface area contributed by atoms with Crippen molar-refractivity contribution in [1.29, 1.82) is 0 Å². The van der Waals surface area contributed by atoms with Crippen LogP contribution in [0.1, 0.15) is 5.56 Å². The van der Waals surface area contributed by atoms with E-state index < -0.39 is 5.97 Å². The van der Waals surface area contributed by atoms with Crippen LogP contribution in [0.4, 0.5) is 0 Å². The summed E-state index contributed by atoms with van der Waals surface area (Å²) < 4.78 is 10.2. The topological polar surface area (TPSA) is 55.8 Å². The van der Waals surface area contributed by atoms with Gasteiger partial charge in [0.15, 0.2) is 0 Å². The van der Waals surface area contributed by atoms with Crippen molar-refractivity contribution >= 4 is 12.0 Å². The molecule has 0 atom stereocenters. The van der Waals surface area contributed by atoms with Crippen LogP contribution in [0.3, 0.4) is 0 Å². The van der Waals surface area contributed by atoms with Crippen LogP contribution in [0.25, 0.3) is 6.08 Å². The average Bonchev–Trinajstić information content (AvgIpc) is 2.27. The van der Waals surface area contributed by atoms with Crippen LogP contribution in [0, 0.1) is 0 Å². The standard InChI is InChI=1S/C12H14O4/c1-15-7-8-16-11-4-2-3-10(9-11)5-6-12(13)14/h2-6,9H,7-8H2,1H3,(H,13,14)/b6-5+. The molecule has 4 nitrogen and oxygen atoms in total. The van der Waals surface area contributed by atoms with E-state index in [-0.39, 0.29) is 0 Å². The van der Waals surface area contributed by atoms with Gasteiger partial charge in [0.2, 0.25) is 0 Å². The van der Waals surface area contributed by atoms with Crippen molar-refractivity contribution in [2.45, 2.75) is 0 Å². The fourth-order valence-electron chi connectivity index (χ4n) is 1.12. The third-order valence-corrected chi connectivity index (χ3v) is 1.83. The van der Waals surface area contributed by atoms with Crippen LogP contribution in [-0.2, 0) is 9.53 Å². The van der Waals surface area contributed by atoms with Crippen molar-refractivity contribution in [2.24, 2.45) is 0 Å². The summed E-state index contributed by atoms with van der Waals surface area (Å²) in [6.07, 6.45) is 2.61. The van der Waals surface area contributed by atoms with E-state index >= 15 is 0 Å². The molecule has 4 heteroatoms. The lowest BCUT2D eigenvalue weighted by Crippen LogP contribution is -2.04. The van der Waals surface area contributed by atoms with Gasteiger partial charge < -0.3 is 14.6 Å². The molecule has 1 aromatic rings. The van der Waals surface area contributed by atoms with Gasteiger partial charge in [0.05, 0.1) is 6.61 Å². The van der Waals surface area contributed by atoms with Crippen LogP contribution in [-0.4, -0.2) is 31.4 Å². The van der Waals surface area contributed by atoms with Crippen molar-refractivity contribution < 1.29 is 19.4 Å². The van der Waals surface area contributed by atoms with E-state index in [1.807, 2.05) is 18.2 Å². The molecular weight excluding hydrogens is 208 g/mol. The lowest BCUT2D eigenvalue weighted by Gasteiger charge is -2.05. The van der Waals surface area contributed by atoms with E-state index in [2.05, 4.69) is 0 Å². The minimum atomic E-state index is -0.967. The molecule has 0 radical (unpaired) electrons. The van der Waals surface area contributed by atoms with Crippen molar-refractivity contribution in [3.8, 4) is 5.75 Å². The Labute approximate surface area is 94.1 Å². The lowest BCUT2D eigenvalue weighted by molar-refractivity contribution is -0.131. The zero-order valence-electron chi connectivity index (χ0n) is 9.05. The summed E-state index contributed by atoms with van der Waals surface area (Å²) >= 11 is 0. The lowest BCUT2D eigenvalue weighted by atomic mass is 10.2. The number of hydrogen-bond acceptors (Lipinski definition) is 3. The molecule has 0 amide bonds. The molecule has 0 heterocycles. The molecule has 0 bridgehead atoms. The summed E-state index contributed by atoms with van der Waals surface area (Å²) in [6.45, 7) is 0.998. The molecule has 0 fully saturated rings. The molecule has 0 spiro atoms. The third kappa shape index (κ3) is 4.61. The summed E-state index contributed by atoms with van der Waals surface area (Å²) in [5.41, 5.74) is 0.789. The fraction of sp³-hybridized carbons (Fsp3) is 0.250. The average molecular weight is 222 g/mol. The highest BCUT2D eigenvalue weighted by molar-refractivity contribution is 5.85. The van der Waals surface area contributed by atoms with Crippen molar-refractivity contribution in [3.63, 3.8) is 0 Å². The number of ether oxygens (including phenoxy) is 2. The third-order valence-electron chi connectivity index (χ3n) is 1.83. The van der Waals surface area contributed by atoms with E-state index in [4.69, 9.17) is 14.6 Å². The van der Waals surface area contributed by atoms with Crippen LogP contribution in [0.2, 0.25) is 0 Å². The molecule has 0 aliphatic carbocycles. The van der Waals surface area contributed by atoms with Crippen LogP contribution in [0.15, 0.2) is 30.3 Å². The van der Waals surface area contributed by atoms with Gasteiger partial charge >= 0.3 is 5.97 Å². The van der Waals surface area contributed by atoms with Gasteiger partial charge in [0.25, 0.3) is 0 Å². The fourth-order valence-corrected chi connectivity index (χ4v) is 1.12. The smallest absolute Gasteiger partial charge is 0.328 e. The first-order valence-electron chi connectivity index (χ1n) is 4.85. The number of carboxylic acid groups (broad SMARTS) is 1. The highest BCUT2D eigenvalue weighted by Gasteiger charge is 1.95. The highest BCUT2D eigenvalue weighted by Crippen LogP contribution is 2.14. The number of carboxylic acids is 1. The summed E-state index contributed by atoms with van der Waals surface area (Å²) in [5.74, 6) is -0.268. The second kappa shape index (κ2) is 6.63. The van der Waals surface area contributed by atoms with Crippen molar-refractivity contribution in [2.75, 3.05) is 20.3 Å². The summed E-state index contributed by atoms with van der Waals surface area (Å²) in [7, 11) is 1.61. The summed E-state index contributed by atoms with van der Waals surface area (Å²) in [6, 6.07) is 7.20. The molecule has 0 aliphatic rings. The second-order valence-corrected chi connectivity index (χ2v) is 3.09. The zero-order valence-corrected chi connectivity index (χ0v) is 9.05. The van der Waals surface area contributed by atoms with Crippen molar-refractivity contribution in [1.82, 2.24) is 0 Å². The number of aliphatic carboxylic acids is 1. The Balaban J connectivity index is 2.60. The Morgan fingerprint density at radius 2 is 2.25 bits per heavy atom. The zero-order chi connectivity index (χ0) is 11.8. The Kier molecular flexibility index (Phi) is 5.08. The molecule has 1 N–H and O–H groups in total. The van der Waals surface area contributed by atoms with Gasteiger partial charge in [-0.1, -0.05) is 12.1 Å². The monoisotopic (exact) mass is 222 g/mol. The van der Waals surface area contributed by atoms with Crippen LogP contribution >= 0.6 is 0 Å². The first-order valence-corrected chi connectivity index (χ1v) is 4.85. The molecular formula is C12H14O4. The Morgan fingerprint density at radius 1 is 1.44 bits per heavy atom. The van der Waals surface area contributed by atoms with E-state index in [0.717, 1.165) is 11.6 Å². The predicted molar refractivity (Wildman–Crippen MR) is 60.5 cm³/mol. The highest BCUT2D eigenvalue weighted by atomic mass is 16.5. The first kappa shape index (κ1) is 12.3. The van der Waals surface area contributed by atoms with Crippen LogP contribution in [0.5, 0.6) is 5.75 Å². The molecule has 16 heavy (non-hydrogen) atoms. The summed E-state index contributed by atoms with van der Waals surface area (Å²) in [4.78, 5) is 10.3. The maximum Gasteiger partial charge on any atom is 0.328 e. The molecule has 0 aliphatic heterocycles. The summed E-state index contributed by atoms with van der Waals surface area (Å²) in [5, 5.41) is 8.48. The molecule has 1 rings (SSSR count). The van der Waals surface area contributed by atoms with E-state index in [1.54, 1.807) is 13.2 Å². The maximum absolute atomic E-state index is 10.3. The van der Waals surface area contributed by atoms with Crippen LogP contribution < -0.4 is 4.74 Å². The molecule has 0 unspecified atom stereocenters. The Bertz CT molecular complexity index is 371. The molecule has 0 aromatic heterocycles. The predicted octanol–water partition coefficient (Wildman–Crippen LogP) is 1.81. The number of carbonyl (C=O) groups is 1. The second-order valence-electron chi connectivity index (χ2n) is 3.09. The number of benzene rings is 1. The number of hydrogen-bond donors (Lipinski definition) is 1. The quantitative estimate of drug-likeness (QED) is 0.589. The maximum atomic E-state index is 10.3. The first-order chi connectivity index (χ1) is 7.72. The molecule has 0 saturated carbocycles. The number of methoxy groups -OCH3 is 1. The van der Waals surface area contributed by atoms with Gasteiger partial charge in [-0.3, -0.25) is 0 Å². The van der Waals surface area contributed by atoms with Gasteiger partial charge in [-0.15, -0.1) is 0 Å². The SMILES string of the molecule is COCCOc1cccc(/C=C/C(=O)O)c1. The van der Waals surface area contributed by atoms with Crippen molar-refractivity contribution in [3.05, 3.63) is 35.9 Å². The molecule has 0 saturated heterocycles. The van der Waals surface area contributed by atoms with E-state index in [9.17, 15) is 4.79 Å². The Morgan fingerprint density at radius 3 is 2.94 bits per heavy atom. The minimum Gasteiger partial charge on any atom is -0.491 e. The minimum absolute atomic E-state index is 0.475. The molecule has 1 aromatic carbocycles. The largest absolute Gasteiger partial charge is 0.491 e. The molecule has 86 valence electrons. The van der Waals surface area contributed by atoms with Gasteiger partial charge in [-0.05, 0) is 23.8 Å². The van der Waals surface area contributed by atoms with Gasteiger partial charge in [-0.25, -0.2) is 4.79 Å². The number of rotatable bonds is 6. The normalized spacial score (nSPS) is 10.6. The van der Waals surface area contributed by atoms with Gasteiger partial charge in [0, 0.05) is 13.2 Å². The Hall–Kier alpha value is -1.81. The van der Waals surface area contributed by atoms with Gasteiger partial charge in [0.1, 0.15) is 12.4 Å². The van der Waals surface area contributed by atoms with E-state index in [0.29, 0.717) is 19.0 Å². The van der Waals surface area contributed by atoms with E-state index in [1.165, 1.54) is 6.08 Å².